The van der Waals surface area contributed by atoms with Crippen LogP contribution < -0.4 is 5.32 Å². The van der Waals surface area contributed by atoms with Crippen LogP contribution in [0, 0.1) is 0 Å². The van der Waals surface area contributed by atoms with Crippen molar-refractivity contribution in [3.05, 3.63) is 22.4 Å². The number of hydrogen-bond donors (Lipinski definition) is 1. The summed E-state index contributed by atoms with van der Waals surface area (Å²) < 4.78 is 4.88. The average Bonchev–Trinajstić information content (AvgIpc) is 2.81. The van der Waals surface area contributed by atoms with Crippen molar-refractivity contribution in [3.8, 4) is 0 Å². The third-order valence-corrected chi connectivity index (χ3v) is 2.77. The van der Waals surface area contributed by atoms with E-state index in [0.717, 1.165) is 0 Å². The first-order chi connectivity index (χ1) is 7.74. The van der Waals surface area contributed by atoms with Gasteiger partial charge in [0.1, 0.15) is 0 Å². The van der Waals surface area contributed by atoms with Crippen molar-refractivity contribution in [2.75, 3.05) is 13.2 Å². The predicted molar refractivity (Wildman–Crippen MR) is 62.5 cm³/mol. The summed E-state index contributed by atoms with van der Waals surface area (Å²) in [5, 5.41) is 4.62. The second kappa shape index (κ2) is 7.00. The van der Waals surface area contributed by atoms with Crippen LogP contribution in [-0.4, -0.2) is 25.0 Å². The molecule has 0 saturated heterocycles. The van der Waals surface area contributed by atoms with Gasteiger partial charge in [-0.1, -0.05) is 13.0 Å². The Balaban J connectivity index is 2.08. The van der Waals surface area contributed by atoms with Crippen molar-refractivity contribution in [2.24, 2.45) is 0 Å². The summed E-state index contributed by atoms with van der Waals surface area (Å²) in [6.07, 6.45) is 1.03. The van der Waals surface area contributed by atoms with Crippen molar-refractivity contribution in [1.29, 1.82) is 0 Å². The van der Waals surface area contributed by atoms with E-state index in [2.05, 4.69) is 5.32 Å². The molecule has 1 heterocycles. The number of carbonyl (C=O) groups is 2. The number of hydrogen-bond acceptors (Lipinski definition) is 4. The number of rotatable bonds is 6. The van der Waals surface area contributed by atoms with Crippen molar-refractivity contribution in [3.63, 3.8) is 0 Å². The van der Waals surface area contributed by atoms with E-state index < -0.39 is 0 Å². The number of thiophene rings is 1. The Labute approximate surface area is 98.6 Å². The highest BCUT2D eigenvalue weighted by atomic mass is 32.1. The fourth-order valence-corrected chi connectivity index (χ4v) is 1.70. The van der Waals surface area contributed by atoms with E-state index in [9.17, 15) is 9.59 Å². The molecule has 1 amide bonds. The topological polar surface area (TPSA) is 55.4 Å². The van der Waals surface area contributed by atoms with E-state index in [1.807, 2.05) is 11.4 Å². The standard InChI is InChI=1S/C11H15NO3S/c1-2-10(13)15-7-4-6-12-11(14)9-5-3-8-16-9/h3,5,8H,2,4,6-7H2,1H3,(H,12,14). The van der Waals surface area contributed by atoms with Gasteiger partial charge in [0.25, 0.3) is 5.91 Å². The molecule has 0 radical (unpaired) electrons. The number of amides is 1. The van der Waals surface area contributed by atoms with Crippen LogP contribution in [0.25, 0.3) is 0 Å². The molecule has 0 atom stereocenters. The van der Waals surface area contributed by atoms with Gasteiger partial charge in [0.05, 0.1) is 11.5 Å². The SMILES string of the molecule is CCC(=O)OCCCNC(=O)c1cccs1. The van der Waals surface area contributed by atoms with Crippen LogP contribution in [0.2, 0.25) is 0 Å². The van der Waals surface area contributed by atoms with Crippen LogP contribution in [0.15, 0.2) is 17.5 Å². The molecule has 0 bridgehead atoms. The molecule has 1 N–H and O–H groups in total. The largest absolute Gasteiger partial charge is 0.466 e. The van der Waals surface area contributed by atoms with Gasteiger partial charge >= 0.3 is 5.97 Å². The van der Waals surface area contributed by atoms with Crippen molar-refractivity contribution >= 4 is 23.2 Å². The molecule has 0 unspecified atom stereocenters. The zero-order valence-electron chi connectivity index (χ0n) is 9.19. The van der Waals surface area contributed by atoms with E-state index in [1.165, 1.54) is 11.3 Å². The molecular formula is C11H15NO3S. The molecule has 0 aliphatic rings. The Hall–Kier alpha value is -1.36. The lowest BCUT2D eigenvalue weighted by molar-refractivity contribution is -0.143. The van der Waals surface area contributed by atoms with E-state index >= 15 is 0 Å². The average molecular weight is 241 g/mol. The highest BCUT2D eigenvalue weighted by Crippen LogP contribution is 2.07. The van der Waals surface area contributed by atoms with E-state index in [0.29, 0.717) is 30.9 Å². The number of esters is 1. The van der Waals surface area contributed by atoms with Crippen LogP contribution in [0.5, 0.6) is 0 Å². The second-order valence-electron chi connectivity index (χ2n) is 3.16. The minimum absolute atomic E-state index is 0.0724. The summed E-state index contributed by atoms with van der Waals surface area (Å²) >= 11 is 1.41. The smallest absolute Gasteiger partial charge is 0.305 e. The third kappa shape index (κ3) is 4.44. The van der Waals surface area contributed by atoms with Crippen molar-refractivity contribution in [1.82, 2.24) is 5.32 Å². The van der Waals surface area contributed by atoms with Gasteiger partial charge in [-0.2, -0.15) is 0 Å². The van der Waals surface area contributed by atoms with E-state index in [-0.39, 0.29) is 11.9 Å². The fraction of sp³-hybridized carbons (Fsp3) is 0.455. The van der Waals surface area contributed by atoms with Gasteiger partial charge in [-0.05, 0) is 17.9 Å². The van der Waals surface area contributed by atoms with Crippen LogP contribution in [-0.2, 0) is 9.53 Å². The van der Waals surface area contributed by atoms with Gasteiger partial charge < -0.3 is 10.1 Å². The maximum absolute atomic E-state index is 11.5. The zero-order valence-corrected chi connectivity index (χ0v) is 10.0. The van der Waals surface area contributed by atoms with Gasteiger partial charge in [0.15, 0.2) is 0 Å². The maximum Gasteiger partial charge on any atom is 0.305 e. The molecule has 16 heavy (non-hydrogen) atoms. The van der Waals surface area contributed by atoms with Gasteiger partial charge in [0.2, 0.25) is 0 Å². The molecule has 0 aromatic carbocycles. The molecule has 0 saturated carbocycles. The molecule has 4 nitrogen and oxygen atoms in total. The Morgan fingerprint density at radius 2 is 2.31 bits per heavy atom. The first kappa shape index (κ1) is 12.7. The lowest BCUT2D eigenvalue weighted by Crippen LogP contribution is -2.24. The van der Waals surface area contributed by atoms with Crippen LogP contribution in [0.1, 0.15) is 29.4 Å². The number of carbonyl (C=O) groups excluding carboxylic acids is 2. The number of ether oxygens (including phenoxy) is 1. The molecule has 1 aromatic rings. The number of nitrogens with one attached hydrogen (secondary N) is 1. The molecule has 0 spiro atoms. The minimum Gasteiger partial charge on any atom is -0.466 e. The molecule has 0 aliphatic carbocycles. The maximum atomic E-state index is 11.5. The monoisotopic (exact) mass is 241 g/mol. The third-order valence-electron chi connectivity index (χ3n) is 1.90. The fourth-order valence-electron chi connectivity index (χ4n) is 1.06. The Morgan fingerprint density at radius 3 is 2.94 bits per heavy atom. The Bertz CT molecular complexity index is 335. The summed E-state index contributed by atoms with van der Waals surface area (Å²) in [5.74, 6) is -0.276. The highest BCUT2D eigenvalue weighted by Gasteiger charge is 2.04. The second-order valence-corrected chi connectivity index (χ2v) is 4.11. The lowest BCUT2D eigenvalue weighted by atomic mass is 10.4. The van der Waals surface area contributed by atoms with Crippen LogP contribution >= 0.6 is 11.3 Å². The first-order valence-electron chi connectivity index (χ1n) is 5.21. The summed E-state index contributed by atoms with van der Waals surface area (Å²) in [6, 6.07) is 3.61. The van der Waals surface area contributed by atoms with Gasteiger partial charge in [0, 0.05) is 13.0 Å². The Kier molecular flexibility index (Phi) is 5.56. The van der Waals surface area contributed by atoms with Crippen LogP contribution in [0.3, 0.4) is 0 Å². The highest BCUT2D eigenvalue weighted by molar-refractivity contribution is 7.12. The molecular weight excluding hydrogens is 226 g/mol. The van der Waals surface area contributed by atoms with Crippen molar-refractivity contribution < 1.29 is 14.3 Å². The minimum atomic E-state index is -0.204. The van der Waals surface area contributed by atoms with Crippen LogP contribution in [0.4, 0.5) is 0 Å². The lowest BCUT2D eigenvalue weighted by Gasteiger charge is -2.04. The normalized spacial score (nSPS) is 9.81. The molecule has 5 heteroatoms. The van der Waals surface area contributed by atoms with Gasteiger partial charge in [-0.3, -0.25) is 9.59 Å². The summed E-state index contributed by atoms with van der Waals surface area (Å²) in [6.45, 7) is 2.63. The van der Waals surface area contributed by atoms with Gasteiger partial charge in [-0.25, -0.2) is 0 Å². The quantitative estimate of drug-likeness (QED) is 0.610. The molecule has 88 valence electrons. The van der Waals surface area contributed by atoms with E-state index in [4.69, 9.17) is 4.74 Å². The molecule has 1 aromatic heterocycles. The van der Waals surface area contributed by atoms with E-state index in [1.54, 1.807) is 13.0 Å². The molecule has 1 rings (SSSR count). The summed E-state index contributed by atoms with van der Waals surface area (Å²) in [5.41, 5.74) is 0. The summed E-state index contributed by atoms with van der Waals surface area (Å²) in [7, 11) is 0. The van der Waals surface area contributed by atoms with Gasteiger partial charge in [-0.15, -0.1) is 11.3 Å². The predicted octanol–water partition coefficient (Wildman–Crippen LogP) is 1.82. The molecule has 0 fully saturated rings. The van der Waals surface area contributed by atoms with Crippen molar-refractivity contribution in [2.45, 2.75) is 19.8 Å². The zero-order chi connectivity index (χ0) is 11.8. The summed E-state index contributed by atoms with van der Waals surface area (Å²) in [4.78, 5) is 22.9. The first-order valence-corrected chi connectivity index (χ1v) is 6.09. The Morgan fingerprint density at radius 1 is 1.50 bits per heavy atom. The molecule has 0 aliphatic heterocycles.